The summed E-state index contributed by atoms with van der Waals surface area (Å²) >= 11 is 1.75. The van der Waals surface area contributed by atoms with Crippen LogP contribution >= 0.6 is 11.3 Å². The van der Waals surface area contributed by atoms with Crippen LogP contribution in [0.15, 0.2) is 16.8 Å². The lowest BCUT2D eigenvalue weighted by Crippen LogP contribution is -2.40. The Morgan fingerprint density at radius 2 is 2.50 bits per heavy atom. The molecule has 1 aliphatic rings. The Kier molecular flexibility index (Phi) is 5.20. The highest BCUT2D eigenvalue weighted by molar-refractivity contribution is 7.07. The van der Waals surface area contributed by atoms with Crippen LogP contribution in [0.2, 0.25) is 0 Å². The largest absolute Gasteiger partial charge is 0.466 e. The van der Waals surface area contributed by atoms with E-state index in [2.05, 4.69) is 21.7 Å². The second-order valence-electron chi connectivity index (χ2n) is 4.77. The molecule has 0 aliphatic carbocycles. The van der Waals surface area contributed by atoms with Gasteiger partial charge in [0.15, 0.2) is 0 Å². The molecule has 0 amide bonds. The molecule has 1 aliphatic heterocycles. The highest BCUT2D eigenvalue weighted by Crippen LogP contribution is 2.18. The predicted molar refractivity (Wildman–Crippen MR) is 73.8 cm³/mol. The van der Waals surface area contributed by atoms with E-state index in [-0.39, 0.29) is 11.9 Å². The SMILES string of the molecule is CCOC(=O)[C@@H]1CCCN(CCc2ccsc2)C1. The Morgan fingerprint density at radius 3 is 3.22 bits per heavy atom. The van der Waals surface area contributed by atoms with Gasteiger partial charge in [-0.1, -0.05) is 0 Å². The summed E-state index contributed by atoms with van der Waals surface area (Å²) in [6.45, 7) is 5.38. The van der Waals surface area contributed by atoms with E-state index in [0.29, 0.717) is 6.61 Å². The molecule has 0 N–H and O–H groups in total. The van der Waals surface area contributed by atoms with E-state index >= 15 is 0 Å². The van der Waals surface area contributed by atoms with E-state index in [9.17, 15) is 4.79 Å². The zero-order valence-corrected chi connectivity index (χ0v) is 11.7. The minimum absolute atomic E-state index is 0.0160. The first-order chi connectivity index (χ1) is 8.79. The monoisotopic (exact) mass is 267 g/mol. The number of rotatable bonds is 5. The molecule has 0 spiro atoms. The fourth-order valence-electron chi connectivity index (χ4n) is 2.43. The van der Waals surface area contributed by atoms with Gasteiger partial charge in [-0.25, -0.2) is 0 Å². The van der Waals surface area contributed by atoms with Crippen LogP contribution in [0.25, 0.3) is 0 Å². The molecular formula is C14H21NO2S. The van der Waals surface area contributed by atoms with Crippen LogP contribution < -0.4 is 0 Å². The van der Waals surface area contributed by atoms with Crippen LogP contribution in [-0.2, 0) is 16.0 Å². The summed E-state index contributed by atoms with van der Waals surface area (Å²) in [4.78, 5) is 14.1. The van der Waals surface area contributed by atoms with E-state index in [1.165, 1.54) is 5.56 Å². The number of hydrogen-bond acceptors (Lipinski definition) is 4. The molecule has 1 fully saturated rings. The average Bonchev–Trinajstić information content (AvgIpc) is 2.90. The van der Waals surface area contributed by atoms with Gasteiger partial charge in [0, 0.05) is 13.1 Å². The standard InChI is InChI=1S/C14H21NO2S/c1-2-17-14(16)13-4-3-7-15(10-13)8-5-12-6-9-18-11-12/h6,9,11,13H,2-5,7-8,10H2,1H3/t13-/m1/s1. The highest BCUT2D eigenvalue weighted by Gasteiger charge is 2.26. The molecule has 100 valence electrons. The van der Waals surface area contributed by atoms with Crippen LogP contribution in [0.4, 0.5) is 0 Å². The number of hydrogen-bond donors (Lipinski definition) is 0. The van der Waals surface area contributed by atoms with Crippen LogP contribution in [0.3, 0.4) is 0 Å². The van der Waals surface area contributed by atoms with Crippen LogP contribution in [0, 0.1) is 5.92 Å². The quantitative estimate of drug-likeness (QED) is 0.768. The molecule has 1 aromatic heterocycles. The molecular weight excluding hydrogens is 246 g/mol. The summed E-state index contributed by atoms with van der Waals surface area (Å²) in [5.41, 5.74) is 1.40. The minimum Gasteiger partial charge on any atom is -0.466 e. The number of piperidine rings is 1. The molecule has 0 bridgehead atoms. The lowest BCUT2D eigenvalue weighted by Gasteiger charge is -2.31. The number of carbonyl (C=O) groups excluding carboxylic acids is 1. The van der Waals surface area contributed by atoms with Crippen LogP contribution in [0.1, 0.15) is 25.3 Å². The molecule has 0 unspecified atom stereocenters. The van der Waals surface area contributed by atoms with Gasteiger partial charge in [0.25, 0.3) is 0 Å². The van der Waals surface area contributed by atoms with E-state index in [1.807, 2.05) is 6.92 Å². The Morgan fingerprint density at radius 1 is 1.61 bits per heavy atom. The number of ether oxygens (including phenoxy) is 1. The highest BCUT2D eigenvalue weighted by atomic mass is 32.1. The topological polar surface area (TPSA) is 29.5 Å². The smallest absolute Gasteiger partial charge is 0.310 e. The zero-order valence-electron chi connectivity index (χ0n) is 10.9. The van der Waals surface area contributed by atoms with Gasteiger partial charge < -0.3 is 9.64 Å². The molecule has 18 heavy (non-hydrogen) atoms. The van der Waals surface area contributed by atoms with Gasteiger partial charge in [-0.3, -0.25) is 4.79 Å². The fraction of sp³-hybridized carbons (Fsp3) is 0.643. The number of likely N-dealkylation sites (tertiary alicyclic amines) is 1. The maximum absolute atomic E-state index is 11.7. The number of esters is 1. The van der Waals surface area contributed by atoms with Crippen molar-refractivity contribution >= 4 is 17.3 Å². The summed E-state index contributed by atoms with van der Waals surface area (Å²) in [5, 5.41) is 4.32. The predicted octanol–water partition coefficient (Wildman–Crippen LogP) is 2.57. The summed E-state index contributed by atoms with van der Waals surface area (Å²) in [6, 6.07) is 2.18. The molecule has 0 radical (unpaired) electrons. The second kappa shape index (κ2) is 6.90. The Bertz CT molecular complexity index is 364. The Hall–Kier alpha value is -0.870. The molecule has 1 saturated heterocycles. The van der Waals surface area contributed by atoms with Crippen LogP contribution in [-0.4, -0.2) is 37.1 Å². The average molecular weight is 267 g/mol. The van der Waals surface area contributed by atoms with Gasteiger partial charge in [-0.15, -0.1) is 0 Å². The van der Waals surface area contributed by atoms with Crippen molar-refractivity contribution in [2.45, 2.75) is 26.2 Å². The van der Waals surface area contributed by atoms with Crippen molar-refractivity contribution in [3.63, 3.8) is 0 Å². The van der Waals surface area contributed by atoms with Crippen molar-refractivity contribution in [3.8, 4) is 0 Å². The van der Waals surface area contributed by atoms with E-state index in [4.69, 9.17) is 4.74 Å². The van der Waals surface area contributed by atoms with Crippen LogP contribution in [0.5, 0.6) is 0 Å². The number of nitrogens with zero attached hydrogens (tertiary/aromatic N) is 1. The van der Waals surface area contributed by atoms with Crippen molar-refractivity contribution < 1.29 is 9.53 Å². The molecule has 3 nitrogen and oxygen atoms in total. The van der Waals surface area contributed by atoms with Gasteiger partial charge in [-0.05, 0) is 55.1 Å². The molecule has 2 heterocycles. The van der Waals surface area contributed by atoms with Crippen molar-refractivity contribution in [1.29, 1.82) is 0 Å². The van der Waals surface area contributed by atoms with Crippen molar-refractivity contribution in [1.82, 2.24) is 4.90 Å². The van der Waals surface area contributed by atoms with Crippen molar-refractivity contribution in [2.75, 3.05) is 26.2 Å². The third-order valence-corrected chi connectivity index (χ3v) is 4.15. The number of carbonyl (C=O) groups is 1. The lowest BCUT2D eigenvalue weighted by molar-refractivity contribution is -0.149. The molecule has 1 aromatic rings. The normalized spacial score (nSPS) is 20.8. The van der Waals surface area contributed by atoms with E-state index in [0.717, 1.165) is 38.9 Å². The molecule has 0 aromatic carbocycles. The second-order valence-corrected chi connectivity index (χ2v) is 5.55. The van der Waals surface area contributed by atoms with Gasteiger partial charge in [0.2, 0.25) is 0 Å². The molecule has 0 saturated carbocycles. The first-order valence-corrected chi connectivity index (χ1v) is 7.64. The van der Waals surface area contributed by atoms with Gasteiger partial charge >= 0.3 is 5.97 Å². The zero-order chi connectivity index (χ0) is 12.8. The summed E-state index contributed by atoms with van der Waals surface area (Å²) in [5.74, 6) is 0.0684. The third kappa shape index (κ3) is 3.82. The minimum atomic E-state index is -0.0160. The Labute approximate surface area is 113 Å². The van der Waals surface area contributed by atoms with Gasteiger partial charge in [0.05, 0.1) is 12.5 Å². The van der Waals surface area contributed by atoms with Gasteiger partial charge in [0.1, 0.15) is 0 Å². The fourth-order valence-corrected chi connectivity index (χ4v) is 3.14. The number of thiophene rings is 1. The maximum atomic E-state index is 11.7. The van der Waals surface area contributed by atoms with Crippen molar-refractivity contribution in [3.05, 3.63) is 22.4 Å². The first kappa shape index (κ1) is 13.6. The van der Waals surface area contributed by atoms with Gasteiger partial charge in [-0.2, -0.15) is 11.3 Å². The summed E-state index contributed by atoms with van der Waals surface area (Å²) < 4.78 is 5.12. The third-order valence-electron chi connectivity index (χ3n) is 3.42. The molecule has 4 heteroatoms. The van der Waals surface area contributed by atoms with E-state index in [1.54, 1.807) is 11.3 Å². The van der Waals surface area contributed by atoms with Crippen molar-refractivity contribution in [2.24, 2.45) is 5.92 Å². The lowest BCUT2D eigenvalue weighted by atomic mass is 9.98. The first-order valence-electron chi connectivity index (χ1n) is 6.69. The molecule has 2 rings (SSSR count). The Balaban J connectivity index is 1.77. The summed E-state index contributed by atoms with van der Waals surface area (Å²) in [7, 11) is 0. The maximum Gasteiger partial charge on any atom is 0.310 e. The summed E-state index contributed by atoms with van der Waals surface area (Å²) in [6.07, 6.45) is 3.17. The molecule has 1 atom stereocenters. The van der Waals surface area contributed by atoms with E-state index < -0.39 is 0 Å².